The largest absolute Gasteiger partial charge is 0.345 e. The van der Waals surface area contributed by atoms with E-state index in [0.717, 1.165) is 11.0 Å². The number of nitrogens with zero attached hydrogens (tertiary/aromatic N) is 2. The van der Waals surface area contributed by atoms with Crippen LogP contribution in [0.1, 0.15) is 16.2 Å². The standard InChI is InChI=1S/C19H17N3O2/c1-2-19(24)20-12-18-21-15-10-6-7-11-16(15)22(18)13-17(23)14-8-4-3-5-9-14/h2-11H,1,12-13H2,(H,20,24). The second-order valence-electron chi connectivity index (χ2n) is 5.31. The fourth-order valence-corrected chi connectivity index (χ4v) is 2.53. The maximum absolute atomic E-state index is 12.6. The molecule has 120 valence electrons. The molecule has 0 aliphatic carbocycles. The zero-order chi connectivity index (χ0) is 16.9. The maximum atomic E-state index is 12.6. The Balaban J connectivity index is 1.93. The van der Waals surface area contributed by atoms with E-state index in [-0.39, 0.29) is 24.8 Å². The van der Waals surface area contributed by atoms with Crippen molar-refractivity contribution in [1.29, 1.82) is 0 Å². The van der Waals surface area contributed by atoms with Crippen molar-refractivity contribution in [2.45, 2.75) is 13.1 Å². The molecule has 0 radical (unpaired) electrons. The van der Waals surface area contributed by atoms with E-state index in [1.807, 2.05) is 47.0 Å². The molecular weight excluding hydrogens is 302 g/mol. The molecule has 0 atom stereocenters. The molecule has 2 aromatic carbocycles. The van der Waals surface area contributed by atoms with E-state index in [1.54, 1.807) is 12.1 Å². The van der Waals surface area contributed by atoms with Crippen molar-refractivity contribution >= 4 is 22.7 Å². The van der Waals surface area contributed by atoms with Gasteiger partial charge in [0.15, 0.2) is 5.78 Å². The lowest BCUT2D eigenvalue weighted by Gasteiger charge is -2.09. The summed E-state index contributed by atoms with van der Waals surface area (Å²) in [4.78, 5) is 28.5. The van der Waals surface area contributed by atoms with E-state index in [4.69, 9.17) is 0 Å². The minimum absolute atomic E-state index is 0.00458. The summed E-state index contributed by atoms with van der Waals surface area (Å²) in [6, 6.07) is 16.7. The number of aromatic nitrogens is 2. The third kappa shape index (κ3) is 3.25. The first-order valence-corrected chi connectivity index (χ1v) is 7.61. The van der Waals surface area contributed by atoms with Gasteiger partial charge in [-0.05, 0) is 18.2 Å². The molecule has 0 aliphatic heterocycles. The van der Waals surface area contributed by atoms with Crippen molar-refractivity contribution in [1.82, 2.24) is 14.9 Å². The van der Waals surface area contributed by atoms with Crippen molar-refractivity contribution in [3.8, 4) is 0 Å². The van der Waals surface area contributed by atoms with Gasteiger partial charge in [-0.2, -0.15) is 0 Å². The summed E-state index contributed by atoms with van der Waals surface area (Å²) < 4.78 is 1.84. The number of ketones is 1. The van der Waals surface area contributed by atoms with Gasteiger partial charge in [-0.15, -0.1) is 0 Å². The highest BCUT2D eigenvalue weighted by Crippen LogP contribution is 2.17. The van der Waals surface area contributed by atoms with E-state index in [0.29, 0.717) is 11.4 Å². The molecule has 0 unspecified atom stereocenters. The Labute approximate surface area is 139 Å². The molecule has 0 saturated heterocycles. The van der Waals surface area contributed by atoms with Crippen LogP contribution >= 0.6 is 0 Å². The van der Waals surface area contributed by atoms with Crippen LogP contribution in [-0.4, -0.2) is 21.2 Å². The summed E-state index contributed by atoms with van der Waals surface area (Å²) in [6.07, 6.45) is 1.21. The number of carbonyl (C=O) groups is 2. The molecule has 3 rings (SSSR count). The number of Topliss-reactive ketones (excluding diaryl/α,β-unsaturated/α-hetero) is 1. The number of amides is 1. The molecule has 0 fully saturated rings. The van der Waals surface area contributed by atoms with Crippen LogP contribution in [0.5, 0.6) is 0 Å². The monoisotopic (exact) mass is 319 g/mol. The number of carbonyl (C=O) groups excluding carboxylic acids is 2. The SMILES string of the molecule is C=CC(=O)NCc1nc2ccccc2n1CC(=O)c1ccccc1. The molecule has 0 aliphatic rings. The predicted octanol–water partition coefficient (Wildman–Crippen LogP) is 2.72. The van der Waals surface area contributed by atoms with Crippen LogP contribution in [-0.2, 0) is 17.9 Å². The number of hydrogen-bond acceptors (Lipinski definition) is 3. The lowest BCUT2D eigenvalue weighted by Crippen LogP contribution is -2.23. The number of benzene rings is 2. The minimum atomic E-state index is -0.275. The first kappa shape index (κ1) is 15.7. The molecule has 3 aromatic rings. The van der Waals surface area contributed by atoms with Gasteiger partial charge < -0.3 is 9.88 Å². The van der Waals surface area contributed by atoms with Gasteiger partial charge in [0.2, 0.25) is 5.91 Å². The molecule has 0 spiro atoms. The van der Waals surface area contributed by atoms with E-state index in [1.165, 1.54) is 6.08 Å². The smallest absolute Gasteiger partial charge is 0.243 e. The van der Waals surface area contributed by atoms with Gasteiger partial charge >= 0.3 is 0 Å². The molecule has 0 bridgehead atoms. The maximum Gasteiger partial charge on any atom is 0.243 e. The third-order valence-electron chi connectivity index (χ3n) is 3.74. The van der Waals surface area contributed by atoms with Crippen molar-refractivity contribution in [3.63, 3.8) is 0 Å². The first-order chi connectivity index (χ1) is 11.7. The Bertz CT molecular complexity index is 897. The molecule has 1 N–H and O–H groups in total. The highest BCUT2D eigenvalue weighted by molar-refractivity contribution is 5.96. The molecule has 24 heavy (non-hydrogen) atoms. The Morgan fingerprint density at radius 1 is 1.08 bits per heavy atom. The lowest BCUT2D eigenvalue weighted by molar-refractivity contribution is -0.116. The second-order valence-corrected chi connectivity index (χ2v) is 5.31. The molecule has 1 heterocycles. The van der Waals surface area contributed by atoms with E-state index in [2.05, 4.69) is 16.9 Å². The number of rotatable bonds is 6. The summed E-state index contributed by atoms with van der Waals surface area (Å²) in [7, 11) is 0. The summed E-state index contributed by atoms with van der Waals surface area (Å²) in [5.41, 5.74) is 2.31. The van der Waals surface area contributed by atoms with E-state index >= 15 is 0 Å². The summed E-state index contributed by atoms with van der Waals surface area (Å²) >= 11 is 0. The van der Waals surface area contributed by atoms with Crippen LogP contribution in [0.15, 0.2) is 67.3 Å². The van der Waals surface area contributed by atoms with Gasteiger partial charge in [0.05, 0.1) is 24.1 Å². The first-order valence-electron chi connectivity index (χ1n) is 7.61. The van der Waals surface area contributed by atoms with Crippen LogP contribution in [0.25, 0.3) is 11.0 Å². The Hall–Kier alpha value is -3.21. The van der Waals surface area contributed by atoms with Gasteiger partial charge in [0.25, 0.3) is 0 Å². The average molecular weight is 319 g/mol. The number of fused-ring (bicyclic) bond motifs is 1. The third-order valence-corrected chi connectivity index (χ3v) is 3.74. The van der Waals surface area contributed by atoms with Crippen molar-refractivity contribution in [2.75, 3.05) is 0 Å². The Morgan fingerprint density at radius 2 is 1.79 bits per heavy atom. The summed E-state index contributed by atoms with van der Waals surface area (Å²) in [5, 5.41) is 2.71. The van der Waals surface area contributed by atoms with Crippen molar-refractivity contribution < 1.29 is 9.59 Å². The van der Waals surface area contributed by atoms with E-state index in [9.17, 15) is 9.59 Å². The van der Waals surface area contributed by atoms with Gasteiger partial charge in [-0.25, -0.2) is 4.98 Å². The highest BCUT2D eigenvalue weighted by atomic mass is 16.1. The fourth-order valence-electron chi connectivity index (χ4n) is 2.53. The van der Waals surface area contributed by atoms with Crippen LogP contribution in [0.3, 0.4) is 0 Å². The van der Waals surface area contributed by atoms with Gasteiger partial charge in [-0.1, -0.05) is 49.0 Å². The summed E-state index contributed by atoms with van der Waals surface area (Å²) in [5.74, 6) is 0.355. The Morgan fingerprint density at radius 3 is 2.54 bits per heavy atom. The number of imidazole rings is 1. The molecule has 5 heteroatoms. The van der Waals surface area contributed by atoms with Crippen molar-refractivity contribution in [3.05, 3.63) is 78.6 Å². The number of para-hydroxylation sites is 2. The predicted molar refractivity (Wildman–Crippen MR) is 92.5 cm³/mol. The normalized spacial score (nSPS) is 10.5. The minimum Gasteiger partial charge on any atom is -0.345 e. The number of hydrogen-bond donors (Lipinski definition) is 1. The van der Waals surface area contributed by atoms with E-state index < -0.39 is 0 Å². The zero-order valence-corrected chi connectivity index (χ0v) is 13.1. The lowest BCUT2D eigenvalue weighted by atomic mass is 10.1. The molecule has 5 nitrogen and oxygen atoms in total. The van der Waals surface area contributed by atoms with Crippen molar-refractivity contribution in [2.24, 2.45) is 0 Å². The molecule has 1 aromatic heterocycles. The van der Waals surface area contributed by atoms with Crippen LogP contribution in [0.2, 0.25) is 0 Å². The van der Waals surface area contributed by atoms with Gasteiger partial charge in [0.1, 0.15) is 5.82 Å². The quantitative estimate of drug-likeness (QED) is 0.561. The van der Waals surface area contributed by atoms with Gasteiger partial charge in [0, 0.05) is 5.56 Å². The van der Waals surface area contributed by atoms with Crippen LogP contribution in [0.4, 0.5) is 0 Å². The average Bonchev–Trinajstić information content (AvgIpc) is 2.98. The topological polar surface area (TPSA) is 64.0 Å². The number of nitrogens with one attached hydrogen (secondary N) is 1. The fraction of sp³-hybridized carbons (Fsp3) is 0.105. The zero-order valence-electron chi connectivity index (χ0n) is 13.1. The van der Waals surface area contributed by atoms with Crippen LogP contribution in [0, 0.1) is 0 Å². The molecular formula is C19H17N3O2. The Kier molecular flexibility index (Phi) is 4.52. The molecule has 0 saturated carbocycles. The summed E-state index contributed by atoms with van der Waals surface area (Å²) in [6.45, 7) is 3.84. The van der Waals surface area contributed by atoms with Crippen LogP contribution < -0.4 is 5.32 Å². The molecule has 1 amide bonds. The van der Waals surface area contributed by atoms with Gasteiger partial charge in [-0.3, -0.25) is 9.59 Å². The highest BCUT2D eigenvalue weighted by Gasteiger charge is 2.14. The second kappa shape index (κ2) is 6.91.